The molecule has 0 radical (unpaired) electrons. The van der Waals surface area contributed by atoms with Gasteiger partial charge in [-0.1, -0.05) is 0 Å². The molecular weight excluding hydrogens is 270 g/mol. The molecule has 108 valence electrons. The summed E-state index contributed by atoms with van der Waals surface area (Å²) in [6.45, 7) is 1.69. The van der Waals surface area contributed by atoms with E-state index in [2.05, 4.69) is 4.90 Å². The molecule has 0 saturated heterocycles. The Morgan fingerprint density at radius 2 is 2.19 bits per heavy atom. The molecule has 0 amide bonds. The second-order valence-corrected chi connectivity index (χ2v) is 5.74. The molecule has 2 aliphatic heterocycles. The van der Waals surface area contributed by atoms with Crippen LogP contribution in [0, 0.1) is 0 Å². The first-order chi connectivity index (χ1) is 10.1. The average Bonchev–Trinajstić information content (AvgIpc) is 2.48. The third-order valence-electron chi connectivity index (χ3n) is 4.52. The lowest BCUT2D eigenvalue weighted by Crippen LogP contribution is -2.37. The molecule has 1 N–H and O–H groups in total. The maximum Gasteiger partial charge on any atom is 0.336 e. The number of hydrogen-bond donors (Lipinski definition) is 1. The van der Waals surface area contributed by atoms with Gasteiger partial charge in [-0.15, -0.1) is 0 Å². The Kier molecular flexibility index (Phi) is 2.58. The van der Waals surface area contributed by atoms with Crippen LogP contribution in [0.15, 0.2) is 27.4 Å². The van der Waals surface area contributed by atoms with Crippen LogP contribution in [0.1, 0.15) is 29.9 Å². The van der Waals surface area contributed by atoms with E-state index >= 15 is 0 Å². The minimum atomic E-state index is -0.846. The molecule has 3 heterocycles. The first-order valence-electron chi connectivity index (χ1n) is 7.22. The summed E-state index contributed by atoms with van der Waals surface area (Å²) in [5.41, 5.74) is 2.86. The van der Waals surface area contributed by atoms with Crippen LogP contribution in [-0.4, -0.2) is 24.2 Å². The third-order valence-corrected chi connectivity index (χ3v) is 4.52. The number of anilines is 1. The number of aryl methyl sites for hydroxylation is 1. The van der Waals surface area contributed by atoms with Crippen molar-refractivity contribution in [3.05, 3.63) is 39.7 Å². The number of aliphatic carboxylic acids is 1. The normalized spacial score (nSPS) is 20.4. The SMILES string of the molecule is O=C(O)C1CCN2CCCc3cc4ccc(=O)oc4c1c32. The Bertz CT molecular complexity index is 808. The van der Waals surface area contributed by atoms with Gasteiger partial charge < -0.3 is 14.4 Å². The topological polar surface area (TPSA) is 70.8 Å². The van der Waals surface area contributed by atoms with Crippen molar-refractivity contribution in [2.75, 3.05) is 18.0 Å². The zero-order valence-corrected chi connectivity index (χ0v) is 11.5. The van der Waals surface area contributed by atoms with Gasteiger partial charge in [-0.3, -0.25) is 4.79 Å². The molecule has 0 spiro atoms. The van der Waals surface area contributed by atoms with Crippen molar-refractivity contribution >= 4 is 22.6 Å². The van der Waals surface area contributed by atoms with Gasteiger partial charge in [0.25, 0.3) is 0 Å². The summed E-state index contributed by atoms with van der Waals surface area (Å²) in [5, 5.41) is 10.4. The van der Waals surface area contributed by atoms with Crippen LogP contribution in [0.3, 0.4) is 0 Å². The van der Waals surface area contributed by atoms with Crippen molar-refractivity contribution in [2.45, 2.75) is 25.2 Å². The summed E-state index contributed by atoms with van der Waals surface area (Å²) >= 11 is 0. The average molecular weight is 285 g/mol. The summed E-state index contributed by atoms with van der Waals surface area (Å²) in [5.74, 6) is -1.44. The Morgan fingerprint density at radius 3 is 3.00 bits per heavy atom. The number of carboxylic acid groups (broad SMARTS) is 1. The van der Waals surface area contributed by atoms with Gasteiger partial charge in [0.15, 0.2) is 0 Å². The summed E-state index contributed by atoms with van der Waals surface area (Å²) in [6, 6.07) is 5.15. The highest BCUT2D eigenvalue weighted by Crippen LogP contribution is 2.44. The number of rotatable bonds is 1. The summed E-state index contributed by atoms with van der Waals surface area (Å²) in [4.78, 5) is 25.4. The van der Waals surface area contributed by atoms with Crippen LogP contribution in [0.25, 0.3) is 11.0 Å². The van der Waals surface area contributed by atoms with Crippen molar-refractivity contribution in [2.24, 2.45) is 0 Å². The predicted octanol–water partition coefficient (Wildman–Crippen LogP) is 2.12. The fourth-order valence-electron chi connectivity index (χ4n) is 3.65. The zero-order chi connectivity index (χ0) is 14.6. The predicted molar refractivity (Wildman–Crippen MR) is 78.0 cm³/mol. The molecule has 0 aliphatic carbocycles. The summed E-state index contributed by atoms with van der Waals surface area (Å²) in [7, 11) is 0. The monoisotopic (exact) mass is 285 g/mol. The molecule has 4 rings (SSSR count). The van der Waals surface area contributed by atoms with E-state index in [-0.39, 0.29) is 0 Å². The van der Waals surface area contributed by atoms with Gasteiger partial charge in [0.2, 0.25) is 0 Å². The molecule has 1 atom stereocenters. The van der Waals surface area contributed by atoms with Crippen LogP contribution in [0.5, 0.6) is 0 Å². The Labute approximate surface area is 120 Å². The van der Waals surface area contributed by atoms with Crippen molar-refractivity contribution in [3.63, 3.8) is 0 Å². The Morgan fingerprint density at radius 1 is 1.33 bits per heavy atom. The lowest BCUT2D eigenvalue weighted by atomic mass is 9.83. The largest absolute Gasteiger partial charge is 0.481 e. The van der Waals surface area contributed by atoms with Gasteiger partial charge in [0.05, 0.1) is 5.92 Å². The smallest absolute Gasteiger partial charge is 0.336 e. The number of carbonyl (C=O) groups is 1. The number of hydrogen-bond acceptors (Lipinski definition) is 4. The van der Waals surface area contributed by atoms with Gasteiger partial charge in [0, 0.05) is 35.8 Å². The molecule has 2 aromatic rings. The first-order valence-corrected chi connectivity index (χ1v) is 7.22. The number of fused-ring (bicyclic) bond motifs is 2. The van der Waals surface area contributed by atoms with Gasteiger partial charge in [-0.05, 0) is 37.0 Å². The molecule has 5 nitrogen and oxygen atoms in total. The minimum Gasteiger partial charge on any atom is -0.481 e. The number of nitrogens with zero attached hydrogens (tertiary/aromatic N) is 1. The molecule has 1 unspecified atom stereocenters. The van der Waals surface area contributed by atoms with Gasteiger partial charge in [0.1, 0.15) is 5.58 Å². The van der Waals surface area contributed by atoms with E-state index < -0.39 is 17.5 Å². The van der Waals surface area contributed by atoms with Crippen molar-refractivity contribution < 1.29 is 14.3 Å². The molecule has 21 heavy (non-hydrogen) atoms. The fraction of sp³-hybridized carbons (Fsp3) is 0.375. The fourth-order valence-corrected chi connectivity index (χ4v) is 3.65. The molecule has 1 aromatic heterocycles. The van der Waals surface area contributed by atoms with E-state index in [4.69, 9.17) is 4.42 Å². The zero-order valence-electron chi connectivity index (χ0n) is 11.5. The number of benzene rings is 1. The molecule has 0 saturated carbocycles. The molecule has 0 bridgehead atoms. The van der Waals surface area contributed by atoms with E-state index in [1.54, 1.807) is 6.07 Å². The first kappa shape index (κ1) is 12.4. The highest BCUT2D eigenvalue weighted by Gasteiger charge is 2.35. The highest BCUT2D eigenvalue weighted by atomic mass is 16.4. The second-order valence-electron chi connectivity index (χ2n) is 5.74. The highest BCUT2D eigenvalue weighted by molar-refractivity contribution is 5.94. The Balaban J connectivity index is 2.12. The second kappa shape index (κ2) is 4.35. The van der Waals surface area contributed by atoms with E-state index in [9.17, 15) is 14.7 Å². The van der Waals surface area contributed by atoms with Crippen molar-refractivity contribution in [3.8, 4) is 0 Å². The minimum absolute atomic E-state index is 0.434. The molecular formula is C16H15NO4. The van der Waals surface area contributed by atoms with Crippen molar-refractivity contribution in [1.29, 1.82) is 0 Å². The molecule has 5 heteroatoms. The van der Waals surface area contributed by atoms with Crippen LogP contribution >= 0.6 is 0 Å². The van der Waals surface area contributed by atoms with Gasteiger partial charge in [-0.2, -0.15) is 0 Å². The van der Waals surface area contributed by atoms with E-state index in [1.165, 1.54) is 11.6 Å². The van der Waals surface area contributed by atoms with E-state index in [0.29, 0.717) is 17.6 Å². The Hall–Kier alpha value is -2.30. The van der Waals surface area contributed by atoms with Gasteiger partial charge >= 0.3 is 11.6 Å². The van der Waals surface area contributed by atoms with Crippen LogP contribution in [-0.2, 0) is 11.2 Å². The molecule has 1 aromatic carbocycles. The van der Waals surface area contributed by atoms with E-state index in [0.717, 1.165) is 37.0 Å². The quantitative estimate of drug-likeness (QED) is 0.813. The lowest BCUT2D eigenvalue weighted by molar-refractivity contribution is -0.139. The summed E-state index contributed by atoms with van der Waals surface area (Å²) < 4.78 is 5.37. The standard InChI is InChI=1S/C16H15NO4/c18-12-4-3-10-8-9-2-1-6-17-7-5-11(16(19)20)13(14(9)17)15(10)21-12/h3-4,8,11H,1-2,5-7H2,(H,19,20). The van der Waals surface area contributed by atoms with Crippen LogP contribution in [0.4, 0.5) is 5.69 Å². The van der Waals surface area contributed by atoms with Crippen molar-refractivity contribution in [1.82, 2.24) is 0 Å². The molecule has 2 aliphatic rings. The van der Waals surface area contributed by atoms with E-state index in [1.807, 2.05) is 6.07 Å². The maximum absolute atomic E-state index is 11.6. The van der Waals surface area contributed by atoms with Crippen LogP contribution in [0.2, 0.25) is 0 Å². The van der Waals surface area contributed by atoms with Gasteiger partial charge in [-0.25, -0.2) is 4.79 Å². The summed E-state index contributed by atoms with van der Waals surface area (Å²) in [6.07, 6.45) is 2.58. The third kappa shape index (κ3) is 1.77. The number of carboxylic acids is 1. The maximum atomic E-state index is 11.6. The molecule has 0 fully saturated rings. The lowest BCUT2D eigenvalue weighted by Gasteiger charge is -2.39. The van der Waals surface area contributed by atoms with Crippen LogP contribution < -0.4 is 10.5 Å².